The van der Waals surface area contributed by atoms with Crippen molar-refractivity contribution in [1.29, 1.82) is 0 Å². The molecule has 10 rings (SSSR count). The van der Waals surface area contributed by atoms with Gasteiger partial charge in [0.2, 0.25) is 0 Å². The Morgan fingerprint density at radius 1 is 0.275 bits per heavy atom. The molecule has 3 nitrogen and oxygen atoms in total. The lowest BCUT2D eigenvalue weighted by molar-refractivity contribution is 0.669. The van der Waals surface area contributed by atoms with Gasteiger partial charge in [0.1, 0.15) is 0 Å². The molecule has 8 aromatic carbocycles. The van der Waals surface area contributed by atoms with Crippen LogP contribution in [0, 0.1) is 0 Å². The quantitative estimate of drug-likeness (QED) is 0.184. The van der Waals surface area contributed by atoms with E-state index in [4.69, 9.17) is 4.42 Å². The van der Waals surface area contributed by atoms with Crippen LogP contribution in [0.3, 0.4) is 0 Å². The molecule has 0 saturated carbocycles. The third kappa shape index (κ3) is 4.98. The molecule has 0 saturated heterocycles. The molecule has 2 heterocycles. The van der Waals surface area contributed by atoms with Gasteiger partial charge < -0.3 is 14.2 Å². The third-order valence-corrected chi connectivity index (χ3v) is 9.89. The van der Waals surface area contributed by atoms with Gasteiger partial charge in [-0.15, -0.1) is 0 Å². The maximum Gasteiger partial charge on any atom is 0.159 e. The van der Waals surface area contributed by atoms with Crippen LogP contribution in [0.15, 0.2) is 199 Å². The highest BCUT2D eigenvalue weighted by Gasteiger charge is 2.26. The van der Waals surface area contributed by atoms with Crippen molar-refractivity contribution < 1.29 is 4.42 Å². The summed E-state index contributed by atoms with van der Waals surface area (Å²) in [5.74, 6) is 0. The maximum absolute atomic E-state index is 6.94. The van der Waals surface area contributed by atoms with Crippen LogP contribution in [0.4, 0.5) is 34.1 Å². The van der Waals surface area contributed by atoms with E-state index in [1.165, 1.54) is 22.3 Å². The number of fused-ring (bicyclic) bond motifs is 3. The van der Waals surface area contributed by atoms with Gasteiger partial charge in [0.25, 0.3) is 0 Å². The van der Waals surface area contributed by atoms with Crippen LogP contribution in [-0.2, 0) is 0 Å². The minimum Gasteiger partial charge on any atom is -0.452 e. The first-order valence-electron chi connectivity index (χ1n) is 17.3. The van der Waals surface area contributed by atoms with Crippen LogP contribution in [0.5, 0.6) is 0 Å². The fourth-order valence-electron chi connectivity index (χ4n) is 7.56. The molecule has 4 bridgehead atoms. The Bertz CT molecular complexity index is 2510. The highest BCUT2D eigenvalue weighted by molar-refractivity contribution is 6.14. The molecule has 1 aliphatic rings. The van der Waals surface area contributed by atoms with Gasteiger partial charge in [-0.05, 0) is 106 Å². The average molecular weight is 653 g/mol. The van der Waals surface area contributed by atoms with Crippen LogP contribution in [0.2, 0.25) is 0 Å². The second kappa shape index (κ2) is 11.9. The Morgan fingerprint density at radius 2 is 0.647 bits per heavy atom. The first kappa shape index (κ1) is 29.1. The van der Waals surface area contributed by atoms with Gasteiger partial charge >= 0.3 is 0 Å². The molecule has 0 fully saturated rings. The zero-order valence-corrected chi connectivity index (χ0v) is 27.8. The van der Waals surface area contributed by atoms with E-state index in [9.17, 15) is 0 Å². The molecule has 51 heavy (non-hydrogen) atoms. The topological polar surface area (TPSA) is 19.6 Å². The van der Waals surface area contributed by atoms with Gasteiger partial charge in [0, 0.05) is 33.5 Å². The van der Waals surface area contributed by atoms with E-state index in [2.05, 4.69) is 204 Å². The largest absolute Gasteiger partial charge is 0.452 e. The molecule has 0 spiro atoms. The van der Waals surface area contributed by atoms with Crippen LogP contribution >= 0.6 is 0 Å². The van der Waals surface area contributed by atoms with Crippen molar-refractivity contribution >= 4 is 56.1 Å². The summed E-state index contributed by atoms with van der Waals surface area (Å²) in [4.78, 5) is 4.68. The van der Waals surface area contributed by atoms with E-state index >= 15 is 0 Å². The number of para-hydroxylation sites is 4. The van der Waals surface area contributed by atoms with Crippen molar-refractivity contribution in [2.75, 3.05) is 9.80 Å². The van der Waals surface area contributed by atoms with Crippen molar-refractivity contribution in [3.8, 4) is 33.4 Å². The van der Waals surface area contributed by atoms with E-state index in [-0.39, 0.29) is 0 Å². The Hall–Kier alpha value is -6.84. The van der Waals surface area contributed by atoms with Gasteiger partial charge in [0.05, 0.1) is 11.4 Å². The Kier molecular flexibility index (Phi) is 6.81. The summed E-state index contributed by atoms with van der Waals surface area (Å²) >= 11 is 0. The molecule has 3 heteroatoms. The minimum atomic E-state index is 0.864. The lowest BCUT2D eigenvalue weighted by Crippen LogP contribution is -2.14. The summed E-state index contributed by atoms with van der Waals surface area (Å²) in [6.45, 7) is 0. The maximum atomic E-state index is 6.94. The predicted octanol–water partition coefficient (Wildman–Crippen LogP) is 13.8. The normalized spacial score (nSPS) is 12.2. The first-order chi connectivity index (χ1) is 25.3. The minimum absolute atomic E-state index is 0.864. The number of benzene rings is 8. The van der Waals surface area contributed by atoms with E-state index in [1.807, 2.05) is 0 Å². The zero-order chi connectivity index (χ0) is 33.7. The molecule has 0 radical (unpaired) electrons. The third-order valence-electron chi connectivity index (χ3n) is 9.89. The average Bonchev–Trinajstić information content (AvgIpc) is 3.60. The Morgan fingerprint density at radius 3 is 1.08 bits per heavy atom. The highest BCUT2D eigenvalue weighted by Crippen LogP contribution is 2.50. The predicted molar refractivity (Wildman–Crippen MR) is 213 cm³/mol. The number of nitrogens with zero attached hydrogens (tertiary/aromatic N) is 2. The molecule has 0 unspecified atom stereocenters. The summed E-state index contributed by atoms with van der Waals surface area (Å²) in [5, 5.41) is 2.19. The van der Waals surface area contributed by atoms with Crippen molar-refractivity contribution in [1.82, 2.24) is 0 Å². The molecule has 1 aliphatic heterocycles. The number of hydrogen-bond donors (Lipinski definition) is 0. The van der Waals surface area contributed by atoms with Crippen LogP contribution in [0.1, 0.15) is 0 Å². The fourth-order valence-corrected chi connectivity index (χ4v) is 7.56. The van der Waals surface area contributed by atoms with Crippen LogP contribution in [-0.4, -0.2) is 0 Å². The smallest absolute Gasteiger partial charge is 0.159 e. The van der Waals surface area contributed by atoms with Gasteiger partial charge in [-0.2, -0.15) is 0 Å². The molecule has 1 aromatic heterocycles. The van der Waals surface area contributed by atoms with Crippen molar-refractivity contribution in [2.45, 2.75) is 0 Å². The van der Waals surface area contributed by atoms with E-state index in [0.717, 1.165) is 67.2 Å². The zero-order valence-electron chi connectivity index (χ0n) is 27.8. The Balaban J connectivity index is 1.31. The van der Waals surface area contributed by atoms with Gasteiger partial charge in [0.15, 0.2) is 11.2 Å². The Labute approximate surface area is 296 Å². The summed E-state index contributed by atoms with van der Waals surface area (Å²) in [6.07, 6.45) is 0. The summed E-state index contributed by atoms with van der Waals surface area (Å²) in [7, 11) is 0. The summed E-state index contributed by atoms with van der Waals surface area (Å²) < 4.78 is 6.94. The number of hydrogen-bond acceptors (Lipinski definition) is 3. The second-order valence-corrected chi connectivity index (χ2v) is 13.0. The molecule has 9 aromatic rings. The van der Waals surface area contributed by atoms with Crippen molar-refractivity contribution in [2.24, 2.45) is 0 Å². The van der Waals surface area contributed by atoms with Gasteiger partial charge in [-0.3, -0.25) is 0 Å². The molecule has 0 amide bonds. The van der Waals surface area contributed by atoms with Crippen molar-refractivity contribution in [3.05, 3.63) is 194 Å². The number of furan rings is 1. The summed E-state index contributed by atoms with van der Waals surface area (Å²) in [5.41, 5.74) is 14.9. The fraction of sp³-hybridized carbons (Fsp3) is 0. The lowest BCUT2D eigenvalue weighted by Gasteiger charge is -2.31. The number of anilines is 6. The molecule has 0 aliphatic carbocycles. The highest BCUT2D eigenvalue weighted by atomic mass is 16.3. The molecular weight excluding hydrogens is 621 g/mol. The molecule has 0 N–H and O–H groups in total. The first-order valence-corrected chi connectivity index (χ1v) is 17.3. The molecular formula is C48H32N2O. The van der Waals surface area contributed by atoms with Crippen LogP contribution in [0.25, 0.3) is 55.3 Å². The van der Waals surface area contributed by atoms with Gasteiger partial charge in [-0.1, -0.05) is 121 Å². The van der Waals surface area contributed by atoms with Crippen molar-refractivity contribution in [3.63, 3.8) is 0 Å². The van der Waals surface area contributed by atoms with E-state index in [1.54, 1.807) is 0 Å². The molecule has 240 valence electrons. The summed E-state index contributed by atoms with van der Waals surface area (Å²) in [6, 6.07) is 69.4. The van der Waals surface area contributed by atoms with Gasteiger partial charge in [-0.25, -0.2) is 0 Å². The van der Waals surface area contributed by atoms with E-state index < -0.39 is 0 Å². The standard InChI is InChI=1S/C48H32N2O/c1-5-15-33(16-6-1)35-27-36(34-17-7-2-8-18-34)29-37(28-35)38-30-41-32-42(31-38)50(40-21-11-4-12-22-40)46-26-14-24-44-43-23-13-25-45(47(43)51-48(44)46)49(41)39-19-9-3-10-20-39/h1-32H. The van der Waals surface area contributed by atoms with Crippen LogP contribution < -0.4 is 9.80 Å². The van der Waals surface area contributed by atoms with E-state index in [0.29, 0.717) is 0 Å². The second-order valence-electron chi connectivity index (χ2n) is 13.0. The SMILES string of the molecule is c1ccc(-c2cc(-c3ccccc3)cc(-c3cc4cc(c3)N(c3ccccc3)c3cccc5c3oc3c(cccc35)N4c3ccccc3)c2)cc1. The monoisotopic (exact) mass is 652 g/mol. The molecule has 0 atom stereocenters. The lowest BCUT2D eigenvalue weighted by atomic mass is 9.92. The number of rotatable bonds is 5.